The number of piperidine rings is 1. The Morgan fingerprint density at radius 2 is 2.00 bits per heavy atom. The number of benzene rings is 1. The van der Waals surface area contributed by atoms with E-state index in [1.807, 2.05) is 23.1 Å². The fourth-order valence-electron chi connectivity index (χ4n) is 4.37. The zero-order chi connectivity index (χ0) is 21.2. The van der Waals surface area contributed by atoms with Gasteiger partial charge in [0.25, 0.3) is 0 Å². The molecule has 2 aliphatic heterocycles. The van der Waals surface area contributed by atoms with Crippen molar-refractivity contribution in [3.8, 4) is 0 Å². The molecule has 2 aliphatic rings. The molecule has 0 spiro atoms. The molecular weight excluding hydrogens is 503 g/mol. The minimum absolute atomic E-state index is 0. The van der Waals surface area contributed by atoms with Crippen LogP contribution in [0, 0.1) is 5.92 Å². The van der Waals surface area contributed by atoms with Crippen molar-refractivity contribution in [1.82, 2.24) is 15.1 Å². The van der Waals surface area contributed by atoms with Gasteiger partial charge in [0.15, 0.2) is 5.96 Å². The van der Waals surface area contributed by atoms with E-state index >= 15 is 0 Å². The summed E-state index contributed by atoms with van der Waals surface area (Å²) < 4.78 is 5.94. The lowest BCUT2D eigenvalue weighted by Crippen LogP contribution is -2.42. The molecule has 31 heavy (non-hydrogen) atoms. The van der Waals surface area contributed by atoms with Gasteiger partial charge < -0.3 is 19.9 Å². The third kappa shape index (κ3) is 8.25. The number of guanidine groups is 1. The highest BCUT2D eigenvalue weighted by molar-refractivity contribution is 14.0. The molecular formula is C24H39IN4O2. The van der Waals surface area contributed by atoms with E-state index in [0.29, 0.717) is 31.5 Å². The van der Waals surface area contributed by atoms with Crippen LogP contribution >= 0.6 is 24.0 Å². The Kier molecular flexibility index (Phi) is 11.6. The molecule has 0 radical (unpaired) electrons. The van der Waals surface area contributed by atoms with E-state index in [1.54, 1.807) is 0 Å². The first kappa shape index (κ1) is 25.9. The molecule has 2 atom stereocenters. The number of likely N-dealkylation sites (tertiary alicyclic amines) is 2. The summed E-state index contributed by atoms with van der Waals surface area (Å²) in [6.07, 6.45) is 5.10. The lowest BCUT2D eigenvalue weighted by molar-refractivity contribution is -0.134. The molecule has 174 valence electrons. The van der Waals surface area contributed by atoms with Gasteiger partial charge in [-0.3, -0.25) is 9.79 Å². The lowest BCUT2D eigenvalue weighted by atomic mass is 10.0. The fraction of sp³-hybridized carbons (Fsp3) is 0.667. The number of nitrogens with zero attached hydrogens (tertiary/aromatic N) is 3. The smallest absolute Gasteiger partial charge is 0.224 e. The van der Waals surface area contributed by atoms with E-state index < -0.39 is 0 Å². The maximum absolute atomic E-state index is 12.6. The highest BCUT2D eigenvalue weighted by Crippen LogP contribution is 2.19. The quantitative estimate of drug-likeness (QED) is 0.308. The number of hydrogen-bond donors (Lipinski definition) is 1. The van der Waals surface area contributed by atoms with Gasteiger partial charge in [0.2, 0.25) is 5.91 Å². The normalized spacial score (nSPS) is 21.7. The maximum atomic E-state index is 12.6. The first-order valence-electron chi connectivity index (χ1n) is 11.6. The van der Waals surface area contributed by atoms with E-state index in [-0.39, 0.29) is 29.9 Å². The second-order valence-corrected chi connectivity index (χ2v) is 8.52. The van der Waals surface area contributed by atoms with Crippen molar-refractivity contribution in [2.24, 2.45) is 10.9 Å². The van der Waals surface area contributed by atoms with Gasteiger partial charge in [-0.25, -0.2) is 0 Å². The molecule has 2 saturated heterocycles. The van der Waals surface area contributed by atoms with Crippen LogP contribution in [0.3, 0.4) is 0 Å². The summed E-state index contributed by atoms with van der Waals surface area (Å²) in [7, 11) is 0. The van der Waals surface area contributed by atoms with E-state index in [2.05, 4.69) is 36.2 Å². The van der Waals surface area contributed by atoms with Crippen LogP contribution in [0.5, 0.6) is 0 Å². The fourth-order valence-corrected chi connectivity index (χ4v) is 4.37. The number of ether oxygens (including phenoxy) is 1. The Morgan fingerprint density at radius 3 is 2.74 bits per heavy atom. The first-order chi connectivity index (χ1) is 14.7. The zero-order valence-corrected chi connectivity index (χ0v) is 21.4. The van der Waals surface area contributed by atoms with Gasteiger partial charge in [-0.1, -0.05) is 30.3 Å². The largest absolute Gasteiger partial charge is 0.376 e. The van der Waals surface area contributed by atoms with Gasteiger partial charge >= 0.3 is 0 Å². The number of nitrogens with one attached hydrogen (secondary N) is 1. The van der Waals surface area contributed by atoms with Gasteiger partial charge in [0.05, 0.1) is 19.8 Å². The standard InChI is InChI=1S/C24H38N4O2.HI/c1-3-25-24(26-14-12-23(29)28-15-8-7-9-20(28)2)27-16-13-22(17-27)19-30-18-21-10-5-4-6-11-21;/h4-6,10-11,20,22H,3,7-9,12-19H2,1-2H3,(H,25,26);1H. The molecule has 0 aromatic heterocycles. The Hall–Kier alpha value is -1.35. The minimum atomic E-state index is 0. The van der Waals surface area contributed by atoms with Crippen molar-refractivity contribution in [1.29, 1.82) is 0 Å². The van der Waals surface area contributed by atoms with Crippen molar-refractivity contribution in [3.63, 3.8) is 0 Å². The van der Waals surface area contributed by atoms with Crippen LogP contribution in [-0.4, -0.2) is 67.0 Å². The van der Waals surface area contributed by atoms with Gasteiger partial charge in [-0.2, -0.15) is 0 Å². The van der Waals surface area contributed by atoms with E-state index in [4.69, 9.17) is 9.73 Å². The SMILES string of the molecule is CCNC(=NCCC(=O)N1CCCCC1C)N1CCC(COCc2ccccc2)C1.I. The second kappa shape index (κ2) is 13.9. The van der Waals surface area contributed by atoms with Crippen LogP contribution in [0.15, 0.2) is 35.3 Å². The van der Waals surface area contributed by atoms with Crippen LogP contribution in [0.25, 0.3) is 0 Å². The molecule has 2 fully saturated rings. The van der Waals surface area contributed by atoms with Gasteiger partial charge in [0, 0.05) is 44.6 Å². The molecule has 0 saturated carbocycles. The molecule has 1 N–H and O–H groups in total. The highest BCUT2D eigenvalue weighted by Gasteiger charge is 2.26. The van der Waals surface area contributed by atoms with Crippen molar-refractivity contribution >= 4 is 35.8 Å². The van der Waals surface area contributed by atoms with Crippen molar-refractivity contribution in [3.05, 3.63) is 35.9 Å². The number of aliphatic imine (C=N–C) groups is 1. The van der Waals surface area contributed by atoms with Crippen LogP contribution < -0.4 is 5.32 Å². The average molecular weight is 543 g/mol. The molecule has 2 unspecified atom stereocenters. The van der Waals surface area contributed by atoms with Crippen LogP contribution in [0.1, 0.15) is 51.5 Å². The summed E-state index contributed by atoms with van der Waals surface area (Å²) in [5, 5.41) is 3.40. The number of carbonyl (C=O) groups excluding carboxylic acids is 1. The molecule has 7 heteroatoms. The third-order valence-electron chi connectivity index (χ3n) is 6.10. The molecule has 1 amide bonds. The van der Waals surface area contributed by atoms with Crippen molar-refractivity contribution in [2.75, 3.05) is 39.3 Å². The predicted octanol–water partition coefficient (Wildman–Crippen LogP) is 3.90. The second-order valence-electron chi connectivity index (χ2n) is 8.52. The number of carbonyl (C=O) groups is 1. The van der Waals surface area contributed by atoms with Crippen molar-refractivity contribution in [2.45, 2.75) is 58.6 Å². The molecule has 0 aliphatic carbocycles. The van der Waals surface area contributed by atoms with Gasteiger partial charge in [-0.15, -0.1) is 24.0 Å². The van der Waals surface area contributed by atoms with E-state index in [9.17, 15) is 4.79 Å². The highest BCUT2D eigenvalue weighted by atomic mass is 127. The zero-order valence-electron chi connectivity index (χ0n) is 19.1. The van der Waals surface area contributed by atoms with Gasteiger partial charge in [0.1, 0.15) is 0 Å². The van der Waals surface area contributed by atoms with Crippen molar-refractivity contribution < 1.29 is 9.53 Å². The molecule has 1 aromatic carbocycles. The van der Waals surface area contributed by atoms with Gasteiger partial charge in [-0.05, 0) is 45.1 Å². The summed E-state index contributed by atoms with van der Waals surface area (Å²) >= 11 is 0. The van der Waals surface area contributed by atoms with E-state index in [0.717, 1.165) is 58.0 Å². The number of rotatable bonds is 8. The predicted molar refractivity (Wildman–Crippen MR) is 137 cm³/mol. The minimum Gasteiger partial charge on any atom is -0.376 e. The first-order valence-corrected chi connectivity index (χ1v) is 11.6. The Morgan fingerprint density at radius 1 is 1.19 bits per heavy atom. The number of halogens is 1. The molecule has 2 heterocycles. The third-order valence-corrected chi connectivity index (χ3v) is 6.10. The topological polar surface area (TPSA) is 57.2 Å². The average Bonchev–Trinajstić information content (AvgIpc) is 3.23. The van der Waals surface area contributed by atoms with Crippen LogP contribution in [0.2, 0.25) is 0 Å². The molecule has 1 aromatic rings. The number of hydrogen-bond acceptors (Lipinski definition) is 3. The summed E-state index contributed by atoms with van der Waals surface area (Å²) in [5.41, 5.74) is 1.22. The van der Waals surface area contributed by atoms with Crippen LogP contribution in [0.4, 0.5) is 0 Å². The monoisotopic (exact) mass is 542 g/mol. The summed E-state index contributed by atoms with van der Waals surface area (Å²) in [6, 6.07) is 10.7. The van der Waals surface area contributed by atoms with E-state index in [1.165, 1.54) is 12.0 Å². The Balaban J connectivity index is 0.00000341. The summed E-state index contributed by atoms with van der Waals surface area (Å²) in [6.45, 7) is 9.93. The lowest BCUT2D eigenvalue weighted by Gasteiger charge is -2.33. The number of amides is 1. The molecule has 0 bridgehead atoms. The molecule has 3 rings (SSSR count). The summed E-state index contributed by atoms with van der Waals surface area (Å²) in [4.78, 5) is 21.7. The van der Waals surface area contributed by atoms with Crippen LogP contribution in [-0.2, 0) is 16.1 Å². The Bertz CT molecular complexity index is 685. The maximum Gasteiger partial charge on any atom is 0.224 e. The summed E-state index contributed by atoms with van der Waals surface area (Å²) in [5.74, 6) is 1.70. The Labute approximate surface area is 204 Å². The molecule has 6 nitrogen and oxygen atoms in total.